The van der Waals surface area contributed by atoms with Gasteiger partial charge in [-0.15, -0.1) is 0 Å². The predicted octanol–water partition coefficient (Wildman–Crippen LogP) is 1.57. The molecule has 94 valence electrons. The second-order valence-corrected chi connectivity index (χ2v) is 5.01. The number of ether oxygens (including phenoxy) is 1. The van der Waals surface area contributed by atoms with Crippen molar-refractivity contribution in [1.82, 2.24) is 0 Å². The predicted molar refractivity (Wildman–Crippen MR) is 58.0 cm³/mol. The van der Waals surface area contributed by atoms with Crippen molar-refractivity contribution >= 4 is 10.0 Å². The standard InChI is InChI=1S/C10H11F2NO3S/c1-6(2)5-16-7-3-4-8(17(13,14)15)10(12)9(7)11/h3-4H,1,5H2,2H3,(H2,13,14,15). The van der Waals surface area contributed by atoms with E-state index >= 15 is 0 Å². The molecule has 0 aliphatic carbocycles. The van der Waals surface area contributed by atoms with Crippen LogP contribution in [0.2, 0.25) is 0 Å². The molecule has 0 fully saturated rings. The fourth-order valence-corrected chi connectivity index (χ4v) is 1.64. The minimum atomic E-state index is -4.29. The first-order valence-electron chi connectivity index (χ1n) is 4.51. The van der Waals surface area contributed by atoms with Gasteiger partial charge in [0.15, 0.2) is 11.6 Å². The Bertz CT molecular complexity index is 555. The number of halogens is 2. The molecule has 0 aromatic heterocycles. The summed E-state index contributed by atoms with van der Waals surface area (Å²) in [5.41, 5.74) is 0.611. The fraction of sp³-hybridized carbons (Fsp3) is 0.200. The molecule has 0 saturated heterocycles. The molecule has 2 N–H and O–H groups in total. The van der Waals surface area contributed by atoms with E-state index in [4.69, 9.17) is 9.88 Å². The second kappa shape index (κ2) is 4.80. The van der Waals surface area contributed by atoms with Crippen molar-refractivity contribution < 1.29 is 21.9 Å². The van der Waals surface area contributed by atoms with Crippen LogP contribution in [0, 0.1) is 11.6 Å². The molecular weight excluding hydrogens is 252 g/mol. The van der Waals surface area contributed by atoms with Gasteiger partial charge in [0.2, 0.25) is 15.8 Å². The van der Waals surface area contributed by atoms with Gasteiger partial charge in [-0.25, -0.2) is 17.9 Å². The molecule has 0 aliphatic rings. The summed E-state index contributed by atoms with van der Waals surface area (Å²) in [7, 11) is -4.29. The molecule has 0 saturated carbocycles. The van der Waals surface area contributed by atoms with Crippen LogP contribution >= 0.6 is 0 Å². The second-order valence-electron chi connectivity index (χ2n) is 3.48. The average Bonchev–Trinajstić information content (AvgIpc) is 2.18. The van der Waals surface area contributed by atoms with E-state index in [2.05, 4.69) is 6.58 Å². The van der Waals surface area contributed by atoms with E-state index in [0.29, 0.717) is 5.57 Å². The normalized spacial score (nSPS) is 11.3. The summed E-state index contributed by atoms with van der Waals surface area (Å²) in [6.07, 6.45) is 0. The van der Waals surface area contributed by atoms with Gasteiger partial charge in [-0.3, -0.25) is 0 Å². The number of primary sulfonamides is 1. The topological polar surface area (TPSA) is 69.4 Å². The number of benzene rings is 1. The van der Waals surface area contributed by atoms with Gasteiger partial charge in [-0.1, -0.05) is 6.58 Å². The number of hydrogen-bond donors (Lipinski definition) is 1. The van der Waals surface area contributed by atoms with Crippen molar-refractivity contribution in [3.63, 3.8) is 0 Å². The largest absolute Gasteiger partial charge is 0.486 e. The molecule has 0 amide bonds. The Kier molecular flexibility index (Phi) is 3.84. The molecule has 1 rings (SSSR count). The number of rotatable bonds is 4. The molecule has 0 unspecified atom stereocenters. The number of nitrogens with two attached hydrogens (primary N) is 1. The van der Waals surface area contributed by atoms with Crippen LogP contribution in [0.1, 0.15) is 6.92 Å². The minimum Gasteiger partial charge on any atom is -0.486 e. The molecule has 0 heterocycles. The fourth-order valence-electron chi connectivity index (χ4n) is 1.05. The molecule has 1 aromatic rings. The third kappa shape index (κ3) is 3.24. The molecule has 7 heteroatoms. The van der Waals surface area contributed by atoms with E-state index in [1.54, 1.807) is 6.92 Å². The first-order valence-corrected chi connectivity index (χ1v) is 6.06. The summed E-state index contributed by atoms with van der Waals surface area (Å²) in [5.74, 6) is -3.33. The first kappa shape index (κ1) is 13.6. The highest BCUT2D eigenvalue weighted by Gasteiger charge is 2.21. The van der Waals surface area contributed by atoms with Gasteiger partial charge in [0.05, 0.1) is 0 Å². The molecule has 0 atom stereocenters. The van der Waals surface area contributed by atoms with Crippen molar-refractivity contribution in [3.8, 4) is 5.75 Å². The summed E-state index contributed by atoms with van der Waals surface area (Å²) in [6.45, 7) is 5.17. The lowest BCUT2D eigenvalue weighted by molar-refractivity contribution is 0.322. The van der Waals surface area contributed by atoms with Gasteiger partial charge >= 0.3 is 0 Å². The van der Waals surface area contributed by atoms with Crippen molar-refractivity contribution in [1.29, 1.82) is 0 Å². The molecular formula is C10H11F2NO3S. The summed E-state index contributed by atoms with van der Waals surface area (Å²) in [5, 5.41) is 4.71. The van der Waals surface area contributed by atoms with Crippen LogP contribution in [0.3, 0.4) is 0 Å². The van der Waals surface area contributed by atoms with Gasteiger partial charge in [0.1, 0.15) is 11.5 Å². The van der Waals surface area contributed by atoms with Crippen LogP contribution < -0.4 is 9.88 Å². The molecule has 17 heavy (non-hydrogen) atoms. The molecule has 0 bridgehead atoms. The van der Waals surface area contributed by atoms with Crippen LogP contribution in [0.5, 0.6) is 5.75 Å². The zero-order valence-corrected chi connectivity index (χ0v) is 9.85. The number of hydrogen-bond acceptors (Lipinski definition) is 3. The van der Waals surface area contributed by atoms with E-state index in [1.807, 2.05) is 0 Å². The Labute approximate surface area is 97.7 Å². The highest BCUT2D eigenvalue weighted by Crippen LogP contribution is 2.25. The Morgan fingerprint density at radius 2 is 2.00 bits per heavy atom. The summed E-state index contributed by atoms with van der Waals surface area (Å²) < 4.78 is 53.4. The van der Waals surface area contributed by atoms with Crippen molar-refractivity contribution in [2.24, 2.45) is 5.14 Å². The zero-order chi connectivity index (χ0) is 13.2. The van der Waals surface area contributed by atoms with E-state index in [-0.39, 0.29) is 6.61 Å². The summed E-state index contributed by atoms with van der Waals surface area (Å²) >= 11 is 0. The smallest absolute Gasteiger partial charge is 0.241 e. The van der Waals surface area contributed by atoms with Crippen molar-refractivity contribution in [2.75, 3.05) is 6.61 Å². The molecule has 0 radical (unpaired) electrons. The van der Waals surface area contributed by atoms with Crippen LogP contribution in [0.4, 0.5) is 8.78 Å². The highest BCUT2D eigenvalue weighted by atomic mass is 32.2. The zero-order valence-electron chi connectivity index (χ0n) is 9.04. The van der Waals surface area contributed by atoms with Gasteiger partial charge < -0.3 is 4.74 Å². The monoisotopic (exact) mass is 263 g/mol. The molecule has 0 spiro atoms. The van der Waals surface area contributed by atoms with Gasteiger partial charge in [0, 0.05) is 0 Å². The average molecular weight is 263 g/mol. The van der Waals surface area contributed by atoms with Crippen LogP contribution in [0.25, 0.3) is 0 Å². The van der Waals surface area contributed by atoms with Gasteiger partial charge in [-0.2, -0.15) is 4.39 Å². The van der Waals surface area contributed by atoms with Crippen LogP contribution in [0.15, 0.2) is 29.2 Å². The van der Waals surface area contributed by atoms with E-state index in [9.17, 15) is 17.2 Å². The SMILES string of the molecule is C=C(C)COc1ccc(S(N)(=O)=O)c(F)c1F. The molecule has 4 nitrogen and oxygen atoms in total. The van der Waals surface area contributed by atoms with E-state index in [0.717, 1.165) is 12.1 Å². The summed E-state index contributed by atoms with van der Waals surface area (Å²) in [6, 6.07) is 1.85. The lowest BCUT2D eigenvalue weighted by Crippen LogP contribution is -2.15. The third-order valence-electron chi connectivity index (χ3n) is 1.79. The lowest BCUT2D eigenvalue weighted by atomic mass is 10.3. The molecule has 0 aliphatic heterocycles. The lowest BCUT2D eigenvalue weighted by Gasteiger charge is -2.09. The highest BCUT2D eigenvalue weighted by molar-refractivity contribution is 7.89. The van der Waals surface area contributed by atoms with E-state index in [1.165, 1.54) is 0 Å². The first-order chi connectivity index (χ1) is 7.73. The Morgan fingerprint density at radius 3 is 2.47 bits per heavy atom. The van der Waals surface area contributed by atoms with Crippen LogP contribution in [-0.4, -0.2) is 15.0 Å². The number of sulfonamides is 1. The maximum absolute atomic E-state index is 13.4. The van der Waals surface area contributed by atoms with Gasteiger partial charge in [-0.05, 0) is 24.6 Å². The summed E-state index contributed by atoms with van der Waals surface area (Å²) in [4.78, 5) is -0.905. The maximum Gasteiger partial charge on any atom is 0.241 e. The molecule has 1 aromatic carbocycles. The Hall–Kier alpha value is -1.47. The van der Waals surface area contributed by atoms with E-state index < -0.39 is 32.3 Å². The maximum atomic E-state index is 13.4. The Balaban J connectivity index is 3.16. The minimum absolute atomic E-state index is 0.00504. The van der Waals surface area contributed by atoms with Crippen LogP contribution in [-0.2, 0) is 10.0 Å². The van der Waals surface area contributed by atoms with Crippen molar-refractivity contribution in [3.05, 3.63) is 35.9 Å². The third-order valence-corrected chi connectivity index (χ3v) is 2.72. The van der Waals surface area contributed by atoms with Gasteiger partial charge in [0.25, 0.3) is 0 Å². The van der Waals surface area contributed by atoms with Crippen molar-refractivity contribution in [2.45, 2.75) is 11.8 Å². The quantitative estimate of drug-likeness (QED) is 0.838. The Morgan fingerprint density at radius 1 is 1.41 bits per heavy atom.